The maximum Gasteiger partial charge on any atom is 0.286 e. The average molecular weight is 249 g/mol. The Kier molecular flexibility index (Phi) is 2.92. The van der Waals surface area contributed by atoms with Crippen LogP contribution in [0.5, 0.6) is 0 Å². The van der Waals surface area contributed by atoms with Crippen molar-refractivity contribution in [3.05, 3.63) is 44.8 Å². The highest BCUT2D eigenvalue weighted by Gasteiger charge is 2.21. The maximum absolute atomic E-state index is 11.3. The van der Waals surface area contributed by atoms with Crippen molar-refractivity contribution in [2.75, 3.05) is 0 Å². The Morgan fingerprint density at radius 1 is 1.41 bits per heavy atom. The quantitative estimate of drug-likeness (QED) is 0.486. The first kappa shape index (κ1) is 11.3. The van der Waals surface area contributed by atoms with Crippen molar-refractivity contribution in [1.82, 2.24) is 0 Å². The van der Waals surface area contributed by atoms with E-state index in [2.05, 4.69) is 4.99 Å². The van der Waals surface area contributed by atoms with Crippen LogP contribution in [0.1, 0.15) is 5.56 Å². The minimum absolute atomic E-state index is 0.0566. The largest absolute Gasteiger partial charge is 0.378 e. The first-order valence-corrected chi connectivity index (χ1v) is 5.41. The fourth-order valence-electron chi connectivity index (χ4n) is 1.34. The lowest BCUT2D eigenvalue weighted by Gasteiger charge is -1.97. The van der Waals surface area contributed by atoms with Gasteiger partial charge in [0.25, 0.3) is 11.6 Å². The third-order valence-electron chi connectivity index (χ3n) is 2.06. The van der Waals surface area contributed by atoms with Crippen molar-refractivity contribution in [3.8, 4) is 0 Å². The molecule has 0 aromatic heterocycles. The van der Waals surface area contributed by atoms with Gasteiger partial charge in [0, 0.05) is 6.07 Å². The van der Waals surface area contributed by atoms with Gasteiger partial charge >= 0.3 is 0 Å². The van der Waals surface area contributed by atoms with Crippen LogP contribution < -0.4 is 5.73 Å². The van der Waals surface area contributed by atoms with E-state index in [1.54, 1.807) is 18.2 Å². The van der Waals surface area contributed by atoms with Gasteiger partial charge in [-0.2, -0.15) is 4.99 Å². The number of aliphatic imine (C=N–C) groups is 1. The average Bonchev–Trinajstić information content (AvgIpc) is 2.58. The van der Waals surface area contributed by atoms with Gasteiger partial charge in [0.1, 0.15) is 0 Å². The van der Waals surface area contributed by atoms with Crippen molar-refractivity contribution >= 4 is 34.6 Å². The maximum atomic E-state index is 11.3. The molecule has 1 amide bonds. The lowest BCUT2D eigenvalue weighted by atomic mass is 10.1. The summed E-state index contributed by atoms with van der Waals surface area (Å²) in [6.07, 6.45) is 1.43. The molecule has 0 radical (unpaired) electrons. The summed E-state index contributed by atoms with van der Waals surface area (Å²) in [4.78, 5) is 25.4. The van der Waals surface area contributed by atoms with E-state index in [1.807, 2.05) is 0 Å². The molecule has 0 saturated carbocycles. The van der Waals surface area contributed by atoms with Crippen molar-refractivity contribution < 1.29 is 9.72 Å². The van der Waals surface area contributed by atoms with Gasteiger partial charge in [-0.1, -0.05) is 12.1 Å². The van der Waals surface area contributed by atoms with E-state index in [4.69, 9.17) is 5.73 Å². The smallest absolute Gasteiger partial charge is 0.286 e. The van der Waals surface area contributed by atoms with Crippen LogP contribution in [0.25, 0.3) is 6.08 Å². The highest BCUT2D eigenvalue weighted by atomic mass is 32.2. The molecule has 1 aromatic rings. The van der Waals surface area contributed by atoms with Crippen LogP contribution in [-0.2, 0) is 4.79 Å². The predicted molar refractivity (Wildman–Crippen MR) is 65.3 cm³/mol. The predicted octanol–water partition coefficient (Wildman–Crippen LogP) is 1.52. The number of thioether (sulfide) groups is 1. The Morgan fingerprint density at radius 3 is 2.71 bits per heavy atom. The molecule has 17 heavy (non-hydrogen) atoms. The molecule has 2 rings (SSSR count). The first-order valence-electron chi connectivity index (χ1n) is 4.59. The van der Waals surface area contributed by atoms with E-state index in [0.29, 0.717) is 5.56 Å². The number of carbonyl (C=O) groups excluding carboxylic acids is 1. The zero-order chi connectivity index (χ0) is 12.4. The van der Waals surface area contributed by atoms with Gasteiger partial charge in [0.15, 0.2) is 5.17 Å². The van der Waals surface area contributed by atoms with Crippen LogP contribution in [0.2, 0.25) is 0 Å². The lowest BCUT2D eigenvalue weighted by molar-refractivity contribution is -0.385. The first-order chi connectivity index (χ1) is 8.08. The number of amides is 1. The molecule has 0 atom stereocenters. The number of rotatable bonds is 2. The molecule has 6 nitrogen and oxygen atoms in total. The second-order valence-electron chi connectivity index (χ2n) is 3.18. The highest BCUT2D eigenvalue weighted by molar-refractivity contribution is 8.18. The zero-order valence-corrected chi connectivity index (χ0v) is 9.31. The number of amidine groups is 1. The SMILES string of the molecule is NC1=NC(=O)/C(=C\c2ccccc2[N+](=O)[O-])S1. The monoisotopic (exact) mass is 249 g/mol. The van der Waals surface area contributed by atoms with Gasteiger partial charge < -0.3 is 5.73 Å². The number of nitrogens with zero attached hydrogens (tertiary/aromatic N) is 2. The second-order valence-corrected chi connectivity index (χ2v) is 4.24. The number of nitro groups is 1. The molecular formula is C10H7N3O3S. The Morgan fingerprint density at radius 2 is 2.12 bits per heavy atom. The van der Waals surface area contributed by atoms with Crippen LogP contribution in [0, 0.1) is 10.1 Å². The molecule has 1 aliphatic heterocycles. The van der Waals surface area contributed by atoms with Crippen LogP contribution in [-0.4, -0.2) is 16.0 Å². The third kappa shape index (κ3) is 2.34. The summed E-state index contributed by atoms with van der Waals surface area (Å²) in [5.74, 6) is -0.467. The van der Waals surface area contributed by atoms with E-state index in [9.17, 15) is 14.9 Å². The third-order valence-corrected chi connectivity index (χ3v) is 2.87. The molecular weight excluding hydrogens is 242 g/mol. The molecule has 1 aromatic carbocycles. The van der Waals surface area contributed by atoms with Gasteiger partial charge in [-0.05, 0) is 23.9 Å². The zero-order valence-electron chi connectivity index (χ0n) is 8.49. The van der Waals surface area contributed by atoms with E-state index >= 15 is 0 Å². The Balaban J connectivity index is 2.40. The molecule has 0 fully saturated rings. The minimum atomic E-state index is -0.499. The Labute approximate surface area is 100 Å². The summed E-state index contributed by atoms with van der Waals surface area (Å²) < 4.78 is 0. The highest BCUT2D eigenvalue weighted by Crippen LogP contribution is 2.29. The van der Waals surface area contributed by atoms with Crippen molar-refractivity contribution in [2.24, 2.45) is 10.7 Å². The van der Waals surface area contributed by atoms with Crippen molar-refractivity contribution in [3.63, 3.8) is 0 Å². The van der Waals surface area contributed by atoms with Crippen molar-refractivity contribution in [1.29, 1.82) is 0 Å². The number of carbonyl (C=O) groups is 1. The second kappa shape index (κ2) is 4.38. The molecule has 0 spiro atoms. The van der Waals surface area contributed by atoms with Crippen molar-refractivity contribution in [2.45, 2.75) is 0 Å². The Bertz CT molecular complexity index is 566. The van der Waals surface area contributed by atoms with Gasteiger partial charge in [-0.15, -0.1) is 0 Å². The van der Waals surface area contributed by atoms with Gasteiger partial charge in [0.2, 0.25) is 0 Å². The summed E-state index contributed by atoms with van der Waals surface area (Å²) in [5.41, 5.74) is 5.69. The van der Waals surface area contributed by atoms with E-state index in [0.717, 1.165) is 11.8 Å². The minimum Gasteiger partial charge on any atom is -0.378 e. The van der Waals surface area contributed by atoms with Gasteiger partial charge in [-0.25, -0.2) is 0 Å². The number of benzene rings is 1. The molecule has 1 heterocycles. The van der Waals surface area contributed by atoms with Gasteiger partial charge in [0.05, 0.1) is 15.4 Å². The van der Waals surface area contributed by atoms with Gasteiger partial charge in [-0.3, -0.25) is 14.9 Å². The van der Waals surface area contributed by atoms with Crippen LogP contribution >= 0.6 is 11.8 Å². The van der Waals surface area contributed by atoms with Crippen LogP contribution in [0.3, 0.4) is 0 Å². The summed E-state index contributed by atoms with van der Waals surface area (Å²) in [7, 11) is 0. The molecule has 0 aliphatic carbocycles. The lowest BCUT2D eigenvalue weighted by Crippen LogP contribution is -2.01. The fraction of sp³-hybridized carbons (Fsp3) is 0. The standard InChI is InChI=1S/C10H7N3O3S/c11-10-12-9(14)8(17-10)5-6-3-1-2-4-7(6)13(15)16/h1-5H,(H2,11,12,14)/b8-5+. The molecule has 7 heteroatoms. The fourth-order valence-corrected chi connectivity index (χ4v) is 2.02. The van der Waals surface area contributed by atoms with Crippen LogP contribution in [0.4, 0.5) is 5.69 Å². The summed E-state index contributed by atoms with van der Waals surface area (Å²) in [6, 6.07) is 6.16. The number of nitro benzene ring substituents is 1. The number of hydrogen-bond acceptors (Lipinski definition) is 5. The normalized spacial score (nSPS) is 17.3. The topological polar surface area (TPSA) is 98.6 Å². The summed E-state index contributed by atoms with van der Waals surface area (Å²) in [6.45, 7) is 0. The van der Waals surface area contributed by atoms with E-state index in [-0.39, 0.29) is 15.8 Å². The molecule has 0 saturated heterocycles. The van der Waals surface area contributed by atoms with Crippen LogP contribution in [0.15, 0.2) is 34.2 Å². The number of nitrogens with two attached hydrogens (primary N) is 1. The molecule has 86 valence electrons. The number of hydrogen-bond donors (Lipinski definition) is 1. The summed E-state index contributed by atoms with van der Waals surface area (Å²) >= 11 is 1.01. The van der Waals surface area contributed by atoms with E-state index in [1.165, 1.54) is 12.1 Å². The Hall–Kier alpha value is -2.15. The summed E-state index contributed by atoms with van der Waals surface area (Å²) in [5, 5.41) is 10.9. The molecule has 1 aliphatic rings. The molecule has 0 unspecified atom stereocenters. The molecule has 0 bridgehead atoms. The number of para-hydroxylation sites is 1. The molecule has 2 N–H and O–H groups in total. The van der Waals surface area contributed by atoms with E-state index < -0.39 is 10.8 Å².